The number of hydrogen-bond acceptors (Lipinski definition) is 3. The van der Waals surface area contributed by atoms with Crippen LogP contribution in [0.2, 0.25) is 5.02 Å². The molecule has 21 heavy (non-hydrogen) atoms. The fraction of sp³-hybridized carbons (Fsp3) is 0.188. The minimum Gasteiger partial charge on any atom is -0.398 e. The predicted molar refractivity (Wildman–Crippen MR) is 89.6 cm³/mol. The number of thioether (sulfide) groups is 1. The van der Waals surface area contributed by atoms with Crippen LogP contribution in [-0.4, -0.2) is 11.7 Å². The van der Waals surface area contributed by atoms with Crippen LogP contribution >= 0.6 is 23.4 Å². The molecular weight excluding hydrogens is 304 g/mol. The van der Waals surface area contributed by atoms with Gasteiger partial charge in [-0.2, -0.15) is 0 Å². The number of rotatable bonds is 5. The molecule has 5 heteroatoms. The summed E-state index contributed by atoms with van der Waals surface area (Å²) in [5, 5.41) is 3.53. The van der Waals surface area contributed by atoms with Crippen molar-refractivity contribution < 1.29 is 4.79 Å². The van der Waals surface area contributed by atoms with E-state index in [0.29, 0.717) is 10.7 Å². The van der Waals surface area contributed by atoms with Gasteiger partial charge in [-0.3, -0.25) is 4.79 Å². The molecule has 1 atom stereocenters. The highest BCUT2D eigenvalue weighted by atomic mass is 35.5. The molecule has 110 valence electrons. The number of anilines is 1. The van der Waals surface area contributed by atoms with Gasteiger partial charge in [-0.1, -0.05) is 48.0 Å². The Bertz CT molecular complexity index is 599. The van der Waals surface area contributed by atoms with Crippen LogP contribution in [0.3, 0.4) is 0 Å². The van der Waals surface area contributed by atoms with E-state index in [4.69, 9.17) is 17.3 Å². The van der Waals surface area contributed by atoms with Crippen molar-refractivity contribution in [2.75, 3.05) is 11.5 Å². The Kier molecular flexibility index (Phi) is 5.53. The number of amides is 1. The van der Waals surface area contributed by atoms with Crippen LogP contribution in [-0.2, 0) is 4.79 Å². The summed E-state index contributed by atoms with van der Waals surface area (Å²) in [6.07, 6.45) is 0. The van der Waals surface area contributed by atoms with Gasteiger partial charge in [0.25, 0.3) is 0 Å². The van der Waals surface area contributed by atoms with Crippen molar-refractivity contribution in [2.24, 2.45) is 0 Å². The van der Waals surface area contributed by atoms with Gasteiger partial charge in [-0.15, -0.1) is 11.8 Å². The largest absolute Gasteiger partial charge is 0.398 e. The monoisotopic (exact) mass is 320 g/mol. The number of halogens is 1. The summed E-state index contributed by atoms with van der Waals surface area (Å²) in [5.41, 5.74) is 7.53. The average Bonchev–Trinajstić information content (AvgIpc) is 2.47. The first-order chi connectivity index (χ1) is 10.1. The number of carbonyl (C=O) groups is 1. The highest BCUT2D eigenvalue weighted by molar-refractivity contribution is 8.00. The Morgan fingerprint density at radius 2 is 1.95 bits per heavy atom. The maximum absolute atomic E-state index is 12.0. The SMILES string of the molecule is CC(NC(=O)CSc1c(N)cccc1Cl)c1ccccc1. The summed E-state index contributed by atoms with van der Waals surface area (Å²) in [5.74, 6) is 0.237. The lowest BCUT2D eigenvalue weighted by Crippen LogP contribution is -2.28. The maximum atomic E-state index is 12.0. The molecule has 0 aliphatic heterocycles. The van der Waals surface area contributed by atoms with Gasteiger partial charge in [0.2, 0.25) is 5.91 Å². The molecule has 0 fully saturated rings. The second-order valence-corrected chi connectivity index (χ2v) is 6.04. The zero-order chi connectivity index (χ0) is 15.2. The highest BCUT2D eigenvalue weighted by Crippen LogP contribution is 2.32. The first-order valence-corrected chi connectivity index (χ1v) is 7.95. The maximum Gasteiger partial charge on any atom is 0.230 e. The molecule has 0 radical (unpaired) electrons. The van der Waals surface area contributed by atoms with Gasteiger partial charge in [0.15, 0.2) is 0 Å². The fourth-order valence-corrected chi connectivity index (χ4v) is 3.07. The summed E-state index contributed by atoms with van der Waals surface area (Å²) in [4.78, 5) is 12.8. The second kappa shape index (κ2) is 7.38. The van der Waals surface area contributed by atoms with Crippen LogP contribution in [0.15, 0.2) is 53.4 Å². The smallest absolute Gasteiger partial charge is 0.230 e. The molecule has 0 aromatic heterocycles. The lowest BCUT2D eigenvalue weighted by Gasteiger charge is -2.14. The van der Waals surface area contributed by atoms with Crippen LogP contribution in [0.1, 0.15) is 18.5 Å². The molecule has 0 saturated heterocycles. The molecule has 2 aromatic carbocycles. The minimum atomic E-state index is -0.0457. The normalized spacial score (nSPS) is 11.9. The summed E-state index contributed by atoms with van der Waals surface area (Å²) < 4.78 is 0. The van der Waals surface area contributed by atoms with Crippen molar-refractivity contribution >= 4 is 35.0 Å². The van der Waals surface area contributed by atoms with Gasteiger partial charge in [0, 0.05) is 10.6 Å². The second-order valence-electron chi connectivity index (χ2n) is 4.65. The molecule has 0 saturated carbocycles. The molecule has 0 aliphatic carbocycles. The van der Waals surface area contributed by atoms with Crippen LogP contribution in [0.5, 0.6) is 0 Å². The average molecular weight is 321 g/mol. The Labute approximate surface area is 133 Å². The Morgan fingerprint density at radius 1 is 1.24 bits per heavy atom. The van der Waals surface area contributed by atoms with Crippen LogP contribution < -0.4 is 11.1 Å². The molecule has 1 unspecified atom stereocenters. The van der Waals surface area contributed by atoms with E-state index in [0.717, 1.165) is 10.5 Å². The predicted octanol–water partition coefficient (Wildman–Crippen LogP) is 3.89. The first kappa shape index (κ1) is 15.7. The van der Waals surface area contributed by atoms with Gasteiger partial charge < -0.3 is 11.1 Å². The van der Waals surface area contributed by atoms with Crippen molar-refractivity contribution in [1.82, 2.24) is 5.32 Å². The number of benzene rings is 2. The number of nitrogen functional groups attached to an aromatic ring is 1. The van der Waals surface area contributed by atoms with E-state index in [1.807, 2.05) is 37.3 Å². The van der Waals surface area contributed by atoms with Crippen LogP contribution in [0, 0.1) is 0 Å². The van der Waals surface area contributed by atoms with Gasteiger partial charge in [-0.05, 0) is 24.6 Å². The molecular formula is C16H17ClN2OS. The van der Waals surface area contributed by atoms with Crippen LogP contribution in [0.4, 0.5) is 5.69 Å². The fourth-order valence-electron chi connectivity index (χ4n) is 1.92. The molecule has 0 heterocycles. The van der Waals surface area contributed by atoms with E-state index in [1.54, 1.807) is 18.2 Å². The van der Waals surface area contributed by atoms with E-state index in [9.17, 15) is 4.79 Å². The van der Waals surface area contributed by atoms with E-state index in [1.165, 1.54) is 11.8 Å². The summed E-state index contributed by atoms with van der Waals surface area (Å²) in [7, 11) is 0. The third-order valence-electron chi connectivity index (χ3n) is 3.02. The van der Waals surface area contributed by atoms with E-state index >= 15 is 0 Å². The van der Waals surface area contributed by atoms with E-state index < -0.39 is 0 Å². The molecule has 0 aliphatic rings. The third kappa shape index (κ3) is 4.41. The van der Waals surface area contributed by atoms with Crippen molar-refractivity contribution in [2.45, 2.75) is 17.9 Å². The topological polar surface area (TPSA) is 55.1 Å². The lowest BCUT2D eigenvalue weighted by atomic mass is 10.1. The quantitative estimate of drug-likeness (QED) is 0.649. The molecule has 2 rings (SSSR count). The first-order valence-electron chi connectivity index (χ1n) is 6.59. The number of carbonyl (C=O) groups excluding carboxylic acids is 1. The van der Waals surface area contributed by atoms with Crippen LogP contribution in [0.25, 0.3) is 0 Å². The Balaban J connectivity index is 1.91. The molecule has 0 bridgehead atoms. The number of nitrogens with two attached hydrogens (primary N) is 1. The summed E-state index contributed by atoms with van der Waals surface area (Å²) in [6.45, 7) is 1.96. The Morgan fingerprint density at radius 3 is 2.62 bits per heavy atom. The zero-order valence-corrected chi connectivity index (χ0v) is 13.2. The van der Waals surface area contributed by atoms with E-state index in [-0.39, 0.29) is 17.7 Å². The number of nitrogens with one attached hydrogen (secondary N) is 1. The summed E-state index contributed by atoms with van der Waals surface area (Å²) >= 11 is 7.43. The standard InChI is InChI=1S/C16H17ClN2OS/c1-11(12-6-3-2-4-7-12)19-15(20)10-21-16-13(17)8-5-9-14(16)18/h2-9,11H,10,18H2,1H3,(H,19,20). The van der Waals surface area contributed by atoms with Crippen molar-refractivity contribution in [3.63, 3.8) is 0 Å². The highest BCUT2D eigenvalue weighted by Gasteiger charge is 2.11. The molecule has 1 amide bonds. The molecule has 3 N–H and O–H groups in total. The number of hydrogen-bond donors (Lipinski definition) is 2. The van der Waals surface area contributed by atoms with Crippen molar-refractivity contribution in [3.05, 3.63) is 59.1 Å². The van der Waals surface area contributed by atoms with Gasteiger partial charge in [0.05, 0.1) is 16.8 Å². The molecule has 2 aromatic rings. The summed E-state index contributed by atoms with van der Waals surface area (Å²) in [6, 6.07) is 15.2. The molecule has 3 nitrogen and oxygen atoms in total. The lowest BCUT2D eigenvalue weighted by molar-refractivity contribution is -0.119. The molecule has 0 spiro atoms. The van der Waals surface area contributed by atoms with E-state index in [2.05, 4.69) is 5.32 Å². The third-order valence-corrected chi connectivity index (χ3v) is 4.60. The van der Waals surface area contributed by atoms with Crippen molar-refractivity contribution in [3.8, 4) is 0 Å². The zero-order valence-electron chi connectivity index (χ0n) is 11.7. The van der Waals surface area contributed by atoms with Gasteiger partial charge in [0.1, 0.15) is 0 Å². The van der Waals surface area contributed by atoms with Crippen molar-refractivity contribution in [1.29, 1.82) is 0 Å². The van der Waals surface area contributed by atoms with Gasteiger partial charge in [-0.25, -0.2) is 0 Å². The van der Waals surface area contributed by atoms with Gasteiger partial charge >= 0.3 is 0 Å². The Hall–Kier alpha value is -1.65. The minimum absolute atomic E-state index is 0.0251.